The molecular weight excluding hydrogens is 344 g/mol. The van der Waals surface area contributed by atoms with Gasteiger partial charge in [-0.1, -0.05) is 38.1 Å². The van der Waals surface area contributed by atoms with Gasteiger partial charge in [-0.15, -0.1) is 0 Å². The second-order valence-corrected chi connectivity index (χ2v) is 6.97. The molecule has 1 aromatic heterocycles. The summed E-state index contributed by atoms with van der Waals surface area (Å²) < 4.78 is 5.72. The Morgan fingerprint density at radius 3 is 2.44 bits per heavy atom. The number of hydrogen-bond acceptors (Lipinski definition) is 4. The Kier molecular flexibility index (Phi) is 5.96. The molecule has 27 heavy (non-hydrogen) atoms. The van der Waals surface area contributed by atoms with Gasteiger partial charge in [-0.2, -0.15) is 0 Å². The number of nitrogens with zero attached hydrogens (tertiary/aromatic N) is 1. The van der Waals surface area contributed by atoms with E-state index in [0.717, 1.165) is 24.8 Å². The number of likely N-dealkylation sites (N-methyl/N-ethyl adjacent to an activating group) is 1. The van der Waals surface area contributed by atoms with Crippen molar-refractivity contribution in [2.45, 2.75) is 45.2 Å². The third-order valence-corrected chi connectivity index (χ3v) is 5.19. The molecule has 1 amide bonds. The van der Waals surface area contributed by atoms with Gasteiger partial charge >= 0.3 is 5.97 Å². The van der Waals surface area contributed by atoms with Crippen molar-refractivity contribution in [2.75, 3.05) is 13.1 Å². The van der Waals surface area contributed by atoms with E-state index in [1.54, 1.807) is 6.07 Å². The lowest BCUT2D eigenvalue weighted by Gasteiger charge is -2.42. The van der Waals surface area contributed by atoms with Crippen LogP contribution in [-0.2, 0) is 11.2 Å². The topological polar surface area (TPSA) is 82.8 Å². The molecule has 0 radical (unpaired) electrons. The minimum Gasteiger partial charge on any atom is -0.480 e. The molecule has 1 heterocycles. The minimum absolute atomic E-state index is 0.0419. The average molecular weight is 370 g/mol. The van der Waals surface area contributed by atoms with E-state index < -0.39 is 5.97 Å². The van der Waals surface area contributed by atoms with Gasteiger partial charge in [0.05, 0.1) is 6.54 Å². The van der Waals surface area contributed by atoms with Gasteiger partial charge in [0.25, 0.3) is 5.91 Å². The predicted molar refractivity (Wildman–Crippen MR) is 103 cm³/mol. The summed E-state index contributed by atoms with van der Waals surface area (Å²) in [5, 5.41) is 11.9. The molecule has 1 aliphatic rings. The van der Waals surface area contributed by atoms with Crippen LogP contribution in [0.3, 0.4) is 0 Å². The number of aryl methyl sites for hydroxylation is 1. The van der Waals surface area contributed by atoms with E-state index >= 15 is 0 Å². The summed E-state index contributed by atoms with van der Waals surface area (Å²) in [6.07, 6.45) is 2.51. The molecule has 0 aliphatic heterocycles. The fraction of sp³-hybridized carbons (Fsp3) is 0.429. The van der Waals surface area contributed by atoms with E-state index in [1.807, 2.05) is 30.0 Å². The Morgan fingerprint density at radius 2 is 1.85 bits per heavy atom. The highest BCUT2D eigenvalue weighted by molar-refractivity contribution is 5.92. The maximum atomic E-state index is 12.4. The fourth-order valence-electron chi connectivity index (χ4n) is 3.45. The first-order valence-electron chi connectivity index (χ1n) is 9.46. The lowest BCUT2D eigenvalue weighted by molar-refractivity contribution is -0.139. The van der Waals surface area contributed by atoms with Crippen LogP contribution >= 0.6 is 0 Å². The van der Waals surface area contributed by atoms with E-state index in [0.29, 0.717) is 18.1 Å². The Labute approximate surface area is 159 Å². The van der Waals surface area contributed by atoms with Crippen LogP contribution < -0.4 is 5.32 Å². The summed E-state index contributed by atoms with van der Waals surface area (Å²) in [5.74, 6) is -0.0746. The standard InChI is InChI=1S/C21H26N2O4/c1-3-14-5-7-15(8-6-14)18-9-10-19(27-18)21(26)22-16-11-17(12-16)23(4-2)13-20(24)25/h5-10,16-17H,3-4,11-13H2,1-2H3,(H,22,26)(H,24,25). The maximum Gasteiger partial charge on any atom is 0.317 e. The first-order chi connectivity index (χ1) is 13.0. The van der Waals surface area contributed by atoms with Gasteiger partial charge < -0.3 is 14.8 Å². The third-order valence-electron chi connectivity index (χ3n) is 5.19. The number of carboxylic acid groups (broad SMARTS) is 1. The van der Waals surface area contributed by atoms with Crippen LogP contribution in [0.2, 0.25) is 0 Å². The predicted octanol–water partition coefficient (Wildman–Crippen LogP) is 3.18. The lowest BCUT2D eigenvalue weighted by Crippen LogP contribution is -2.54. The Bertz CT molecular complexity index is 791. The van der Waals surface area contributed by atoms with E-state index in [4.69, 9.17) is 9.52 Å². The van der Waals surface area contributed by atoms with Gasteiger partial charge in [0.15, 0.2) is 5.76 Å². The zero-order chi connectivity index (χ0) is 19.4. The monoisotopic (exact) mass is 370 g/mol. The van der Waals surface area contributed by atoms with E-state index in [2.05, 4.69) is 24.4 Å². The van der Waals surface area contributed by atoms with Crippen molar-refractivity contribution >= 4 is 11.9 Å². The average Bonchev–Trinajstić information content (AvgIpc) is 3.12. The molecule has 6 heteroatoms. The van der Waals surface area contributed by atoms with Crippen LogP contribution in [0.15, 0.2) is 40.8 Å². The summed E-state index contributed by atoms with van der Waals surface area (Å²) >= 11 is 0. The van der Waals surface area contributed by atoms with Crippen molar-refractivity contribution in [1.82, 2.24) is 10.2 Å². The summed E-state index contributed by atoms with van der Waals surface area (Å²) in [7, 11) is 0. The molecule has 0 saturated heterocycles. The van der Waals surface area contributed by atoms with Gasteiger partial charge in [0.2, 0.25) is 0 Å². The van der Waals surface area contributed by atoms with Crippen LogP contribution in [0.25, 0.3) is 11.3 Å². The quantitative estimate of drug-likeness (QED) is 0.746. The zero-order valence-corrected chi connectivity index (χ0v) is 15.8. The van der Waals surface area contributed by atoms with E-state index in [1.165, 1.54) is 5.56 Å². The normalized spacial score (nSPS) is 18.9. The van der Waals surface area contributed by atoms with E-state index in [-0.39, 0.29) is 24.5 Å². The molecule has 2 N–H and O–H groups in total. The molecule has 3 rings (SSSR count). The number of rotatable bonds is 8. The second kappa shape index (κ2) is 8.39. The summed E-state index contributed by atoms with van der Waals surface area (Å²) in [5.41, 5.74) is 2.20. The van der Waals surface area contributed by atoms with Crippen molar-refractivity contribution in [3.63, 3.8) is 0 Å². The first-order valence-corrected chi connectivity index (χ1v) is 9.46. The summed E-state index contributed by atoms with van der Waals surface area (Å²) in [4.78, 5) is 25.2. The first kappa shape index (κ1) is 19.2. The van der Waals surface area contributed by atoms with Crippen molar-refractivity contribution in [3.8, 4) is 11.3 Å². The van der Waals surface area contributed by atoms with Crippen molar-refractivity contribution < 1.29 is 19.1 Å². The number of carboxylic acids is 1. The molecule has 6 nitrogen and oxygen atoms in total. The number of amides is 1. The van der Waals surface area contributed by atoms with Gasteiger partial charge in [-0.25, -0.2) is 0 Å². The second-order valence-electron chi connectivity index (χ2n) is 6.97. The fourth-order valence-corrected chi connectivity index (χ4v) is 3.45. The van der Waals surface area contributed by atoms with E-state index in [9.17, 15) is 9.59 Å². The van der Waals surface area contributed by atoms with Gasteiger partial charge in [-0.3, -0.25) is 14.5 Å². The molecule has 0 spiro atoms. The van der Waals surface area contributed by atoms with Gasteiger partial charge in [0, 0.05) is 17.6 Å². The summed E-state index contributed by atoms with van der Waals surface area (Å²) in [6, 6.07) is 11.9. The van der Waals surface area contributed by atoms with Crippen LogP contribution in [-0.4, -0.2) is 47.1 Å². The molecule has 1 aromatic carbocycles. The minimum atomic E-state index is -0.820. The molecule has 2 aromatic rings. The zero-order valence-electron chi connectivity index (χ0n) is 15.8. The number of benzene rings is 1. The number of nitrogens with one attached hydrogen (secondary N) is 1. The van der Waals surface area contributed by atoms with Crippen LogP contribution in [0.5, 0.6) is 0 Å². The highest BCUT2D eigenvalue weighted by atomic mass is 16.4. The highest BCUT2D eigenvalue weighted by Gasteiger charge is 2.35. The Morgan fingerprint density at radius 1 is 1.15 bits per heavy atom. The van der Waals surface area contributed by atoms with Gasteiger partial charge in [-0.05, 0) is 43.5 Å². The van der Waals surface area contributed by atoms with Crippen molar-refractivity contribution in [3.05, 3.63) is 47.7 Å². The molecule has 0 bridgehead atoms. The lowest BCUT2D eigenvalue weighted by atomic mass is 9.85. The summed E-state index contributed by atoms with van der Waals surface area (Å²) in [6.45, 7) is 4.79. The largest absolute Gasteiger partial charge is 0.480 e. The Hall–Kier alpha value is -2.60. The third kappa shape index (κ3) is 4.57. The van der Waals surface area contributed by atoms with Crippen LogP contribution in [0, 0.1) is 0 Å². The maximum absolute atomic E-state index is 12.4. The highest BCUT2D eigenvalue weighted by Crippen LogP contribution is 2.27. The molecular formula is C21H26N2O4. The Balaban J connectivity index is 1.54. The number of hydrogen-bond donors (Lipinski definition) is 2. The smallest absolute Gasteiger partial charge is 0.317 e. The number of furan rings is 1. The number of carbonyl (C=O) groups is 2. The number of aliphatic carboxylic acids is 1. The van der Waals surface area contributed by atoms with Crippen LogP contribution in [0.1, 0.15) is 42.8 Å². The molecule has 1 fully saturated rings. The van der Waals surface area contributed by atoms with Crippen molar-refractivity contribution in [1.29, 1.82) is 0 Å². The molecule has 1 saturated carbocycles. The molecule has 0 atom stereocenters. The SMILES string of the molecule is CCc1ccc(-c2ccc(C(=O)NC3CC(N(CC)CC(=O)O)C3)o2)cc1. The van der Waals surface area contributed by atoms with Crippen LogP contribution in [0.4, 0.5) is 0 Å². The van der Waals surface area contributed by atoms with Gasteiger partial charge in [0.1, 0.15) is 5.76 Å². The number of carbonyl (C=O) groups excluding carboxylic acids is 1. The van der Waals surface area contributed by atoms with Crippen molar-refractivity contribution in [2.24, 2.45) is 0 Å². The molecule has 144 valence electrons. The molecule has 0 unspecified atom stereocenters. The molecule has 1 aliphatic carbocycles.